The highest BCUT2D eigenvalue weighted by Crippen LogP contribution is 2.26. The topological polar surface area (TPSA) is 30.7 Å². The van der Waals surface area contributed by atoms with E-state index in [-0.39, 0.29) is 6.04 Å². The number of fused-ring (bicyclic) bond motifs is 1. The van der Waals surface area contributed by atoms with Crippen molar-refractivity contribution in [2.45, 2.75) is 19.9 Å². The summed E-state index contributed by atoms with van der Waals surface area (Å²) < 4.78 is 1.85. The Morgan fingerprint density at radius 2 is 2.07 bits per heavy atom. The zero-order valence-electron chi connectivity index (χ0n) is 7.83. The molecule has 0 radical (unpaired) electrons. The van der Waals surface area contributed by atoms with Crippen LogP contribution in [0.2, 0.25) is 10.3 Å². The molecule has 2 heterocycles. The lowest BCUT2D eigenvalue weighted by Crippen LogP contribution is -2.01. The third-order valence-electron chi connectivity index (χ3n) is 2.00. The molecule has 0 N–H and O–H groups in total. The zero-order valence-corrected chi connectivity index (χ0v) is 9.34. The number of rotatable bonds is 1. The number of pyridine rings is 1. The van der Waals surface area contributed by atoms with Gasteiger partial charge in [0.05, 0.1) is 5.02 Å². The molecule has 74 valence electrons. The van der Waals surface area contributed by atoms with Crippen molar-refractivity contribution in [3.63, 3.8) is 0 Å². The fraction of sp³-hybridized carbons (Fsp3) is 0.333. The molecule has 0 aromatic carbocycles. The molecular formula is C9H9Cl2N3. The van der Waals surface area contributed by atoms with Gasteiger partial charge in [-0.15, -0.1) is 0 Å². The molecule has 0 fully saturated rings. The van der Waals surface area contributed by atoms with Crippen LogP contribution in [0.5, 0.6) is 0 Å². The highest BCUT2D eigenvalue weighted by molar-refractivity contribution is 6.35. The van der Waals surface area contributed by atoms with E-state index in [2.05, 4.69) is 9.97 Å². The summed E-state index contributed by atoms with van der Waals surface area (Å²) in [5, 5.41) is 1.01. The molecule has 0 aliphatic rings. The maximum atomic E-state index is 5.99. The Hall–Kier alpha value is -0.800. The summed E-state index contributed by atoms with van der Waals surface area (Å²) in [6.07, 6.45) is 1.65. The molecule has 0 amide bonds. The maximum absolute atomic E-state index is 5.99. The van der Waals surface area contributed by atoms with E-state index in [0.717, 1.165) is 5.65 Å². The molecule has 3 nitrogen and oxygen atoms in total. The molecule has 5 heteroatoms. The molecule has 0 spiro atoms. The quantitative estimate of drug-likeness (QED) is 0.752. The second-order valence-electron chi connectivity index (χ2n) is 3.31. The molecule has 0 saturated heterocycles. The van der Waals surface area contributed by atoms with Crippen LogP contribution in [0.15, 0.2) is 12.3 Å². The third-order valence-corrected chi connectivity index (χ3v) is 2.57. The molecule has 14 heavy (non-hydrogen) atoms. The highest BCUT2D eigenvalue weighted by atomic mass is 35.5. The summed E-state index contributed by atoms with van der Waals surface area (Å²) in [6, 6.07) is 1.93. The van der Waals surface area contributed by atoms with E-state index in [1.807, 2.05) is 18.4 Å². The molecule has 0 bridgehead atoms. The van der Waals surface area contributed by atoms with Crippen molar-refractivity contribution in [3.05, 3.63) is 22.6 Å². The predicted octanol–water partition coefficient (Wildman–Crippen LogP) is 3.32. The number of aromatic nitrogens is 3. The first-order valence-corrected chi connectivity index (χ1v) is 5.05. The van der Waals surface area contributed by atoms with Gasteiger partial charge in [0.1, 0.15) is 5.52 Å². The van der Waals surface area contributed by atoms with Gasteiger partial charge in [-0.05, 0) is 31.5 Å². The molecule has 2 aromatic heterocycles. The van der Waals surface area contributed by atoms with Gasteiger partial charge in [0.2, 0.25) is 5.28 Å². The Morgan fingerprint density at radius 1 is 1.36 bits per heavy atom. The summed E-state index contributed by atoms with van der Waals surface area (Å²) in [5.74, 6) is 0. The minimum absolute atomic E-state index is 0.221. The zero-order chi connectivity index (χ0) is 10.3. The summed E-state index contributed by atoms with van der Waals surface area (Å²) in [5.41, 5.74) is 1.39. The van der Waals surface area contributed by atoms with Gasteiger partial charge in [0.15, 0.2) is 5.65 Å². The van der Waals surface area contributed by atoms with E-state index in [1.165, 1.54) is 0 Å². The Bertz CT molecular complexity index is 476. The van der Waals surface area contributed by atoms with Gasteiger partial charge >= 0.3 is 0 Å². The standard InChI is InChI=1S/C9H9Cl2N3/c1-5(2)14-8-7(13-9(14)11)6(10)3-4-12-8/h3-5H,1-2H3. The van der Waals surface area contributed by atoms with E-state index in [9.17, 15) is 0 Å². The van der Waals surface area contributed by atoms with Crippen molar-refractivity contribution in [1.29, 1.82) is 0 Å². The molecule has 2 aromatic rings. The van der Waals surface area contributed by atoms with E-state index >= 15 is 0 Å². The number of hydrogen-bond donors (Lipinski definition) is 0. The van der Waals surface area contributed by atoms with Gasteiger partial charge in [-0.2, -0.15) is 0 Å². The summed E-state index contributed by atoms with van der Waals surface area (Å²) in [6.45, 7) is 4.05. The Labute approximate surface area is 91.7 Å². The van der Waals surface area contributed by atoms with Gasteiger partial charge in [0, 0.05) is 12.2 Å². The van der Waals surface area contributed by atoms with Crippen molar-refractivity contribution in [1.82, 2.24) is 14.5 Å². The second kappa shape index (κ2) is 3.41. The molecule has 0 atom stereocenters. The van der Waals surface area contributed by atoms with Crippen LogP contribution in [-0.4, -0.2) is 14.5 Å². The third kappa shape index (κ3) is 1.37. The smallest absolute Gasteiger partial charge is 0.205 e. The number of imidazole rings is 1. The van der Waals surface area contributed by atoms with Crippen LogP contribution in [0.3, 0.4) is 0 Å². The van der Waals surface area contributed by atoms with Crippen LogP contribution in [0.25, 0.3) is 11.2 Å². The average molecular weight is 230 g/mol. The van der Waals surface area contributed by atoms with Crippen LogP contribution in [-0.2, 0) is 0 Å². The largest absolute Gasteiger partial charge is 0.297 e. The number of halogens is 2. The van der Waals surface area contributed by atoms with Gasteiger partial charge in [-0.1, -0.05) is 11.6 Å². The van der Waals surface area contributed by atoms with E-state index in [1.54, 1.807) is 12.3 Å². The van der Waals surface area contributed by atoms with E-state index < -0.39 is 0 Å². The lowest BCUT2D eigenvalue weighted by atomic mass is 10.4. The van der Waals surface area contributed by atoms with Crippen LogP contribution >= 0.6 is 23.2 Å². The van der Waals surface area contributed by atoms with Crippen molar-refractivity contribution in [3.8, 4) is 0 Å². The average Bonchev–Trinajstić information content (AvgIpc) is 2.42. The molecular weight excluding hydrogens is 221 g/mol. The molecule has 0 saturated carbocycles. The fourth-order valence-electron chi connectivity index (χ4n) is 1.39. The second-order valence-corrected chi connectivity index (χ2v) is 4.05. The van der Waals surface area contributed by atoms with Gasteiger partial charge in [-0.3, -0.25) is 4.57 Å². The van der Waals surface area contributed by atoms with E-state index in [4.69, 9.17) is 23.2 Å². The minimum atomic E-state index is 0.221. The van der Waals surface area contributed by atoms with Crippen LogP contribution in [0, 0.1) is 0 Å². The normalized spacial score (nSPS) is 11.5. The first-order valence-electron chi connectivity index (χ1n) is 4.29. The van der Waals surface area contributed by atoms with Gasteiger partial charge in [-0.25, -0.2) is 9.97 Å². The van der Waals surface area contributed by atoms with Crippen LogP contribution in [0.4, 0.5) is 0 Å². The number of hydrogen-bond acceptors (Lipinski definition) is 2. The Kier molecular flexibility index (Phi) is 2.37. The fourth-order valence-corrected chi connectivity index (χ4v) is 1.93. The molecule has 0 unspecified atom stereocenters. The van der Waals surface area contributed by atoms with Gasteiger partial charge < -0.3 is 0 Å². The lowest BCUT2D eigenvalue weighted by molar-refractivity contribution is 0.614. The van der Waals surface area contributed by atoms with Gasteiger partial charge in [0.25, 0.3) is 0 Å². The molecule has 2 rings (SSSR count). The minimum Gasteiger partial charge on any atom is -0.297 e. The first kappa shape index (κ1) is 9.74. The SMILES string of the molecule is CC(C)n1c(Cl)nc2c(Cl)ccnc21. The predicted molar refractivity (Wildman–Crippen MR) is 57.9 cm³/mol. The molecule has 0 aliphatic heterocycles. The maximum Gasteiger partial charge on any atom is 0.205 e. The van der Waals surface area contributed by atoms with Crippen molar-refractivity contribution >= 4 is 34.4 Å². The first-order chi connectivity index (χ1) is 6.61. The van der Waals surface area contributed by atoms with Crippen LogP contribution < -0.4 is 0 Å². The lowest BCUT2D eigenvalue weighted by Gasteiger charge is -2.07. The van der Waals surface area contributed by atoms with Crippen LogP contribution in [0.1, 0.15) is 19.9 Å². The number of nitrogens with zero attached hydrogens (tertiary/aromatic N) is 3. The summed E-state index contributed by atoms with van der Waals surface area (Å²) >= 11 is 12.0. The Morgan fingerprint density at radius 3 is 2.71 bits per heavy atom. The van der Waals surface area contributed by atoms with Crippen molar-refractivity contribution in [2.75, 3.05) is 0 Å². The Balaban J connectivity index is 2.83. The van der Waals surface area contributed by atoms with E-state index in [0.29, 0.717) is 15.8 Å². The molecule has 0 aliphatic carbocycles. The summed E-state index contributed by atoms with van der Waals surface area (Å²) in [7, 11) is 0. The van der Waals surface area contributed by atoms with Crippen molar-refractivity contribution in [2.24, 2.45) is 0 Å². The summed E-state index contributed by atoms with van der Waals surface area (Å²) in [4.78, 5) is 8.38. The monoisotopic (exact) mass is 229 g/mol. The van der Waals surface area contributed by atoms with Crippen molar-refractivity contribution < 1.29 is 0 Å². The highest BCUT2D eigenvalue weighted by Gasteiger charge is 2.14.